The summed E-state index contributed by atoms with van der Waals surface area (Å²) in [6.07, 6.45) is 4.84. The van der Waals surface area contributed by atoms with E-state index >= 15 is 0 Å². The Balaban J connectivity index is 0.695. The molecule has 0 bridgehead atoms. The summed E-state index contributed by atoms with van der Waals surface area (Å²) in [6.45, 7) is 11.3. The van der Waals surface area contributed by atoms with Crippen molar-refractivity contribution in [2.45, 2.75) is 63.6 Å². The Bertz CT molecular complexity index is 2170. The Morgan fingerprint density at radius 3 is 1.78 bits per heavy atom. The summed E-state index contributed by atoms with van der Waals surface area (Å²) >= 11 is 0. The Morgan fingerprint density at radius 1 is 0.719 bits per heavy atom. The van der Waals surface area contributed by atoms with Gasteiger partial charge in [-0.15, -0.1) is 0 Å². The zero-order valence-corrected chi connectivity index (χ0v) is 36.0. The number of halogens is 3. The van der Waals surface area contributed by atoms with Crippen LogP contribution in [0.3, 0.4) is 0 Å². The summed E-state index contributed by atoms with van der Waals surface area (Å²) in [5.74, 6) is 0.129. The second kappa shape index (κ2) is 19.9. The first kappa shape index (κ1) is 44.8. The Hall–Kier alpha value is -5.80. The van der Waals surface area contributed by atoms with E-state index < -0.39 is 35.2 Å². The highest BCUT2D eigenvalue weighted by Crippen LogP contribution is 2.36. The van der Waals surface area contributed by atoms with Gasteiger partial charge in [0, 0.05) is 96.6 Å². The molecule has 0 saturated carbocycles. The minimum absolute atomic E-state index is 0.141. The summed E-state index contributed by atoms with van der Waals surface area (Å²) in [6, 6.07) is 12.1. The molecule has 0 aliphatic carbocycles. The van der Waals surface area contributed by atoms with Gasteiger partial charge in [0.25, 0.3) is 5.91 Å². The molecule has 5 saturated heterocycles. The van der Waals surface area contributed by atoms with Gasteiger partial charge < -0.3 is 35.1 Å². The first-order valence-electron chi connectivity index (χ1n) is 22.6. The van der Waals surface area contributed by atoms with E-state index in [0.29, 0.717) is 49.3 Å². The molecule has 15 nitrogen and oxygen atoms in total. The van der Waals surface area contributed by atoms with E-state index in [-0.39, 0.29) is 36.3 Å². The van der Waals surface area contributed by atoms with Gasteiger partial charge in [0.05, 0.1) is 41.0 Å². The van der Waals surface area contributed by atoms with Crippen LogP contribution in [0.25, 0.3) is 0 Å². The zero-order valence-electron chi connectivity index (χ0n) is 36.0. The number of imide groups is 1. The van der Waals surface area contributed by atoms with Crippen molar-refractivity contribution in [3.8, 4) is 6.07 Å². The monoisotopic (exact) mass is 883 g/mol. The first-order valence-corrected chi connectivity index (χ1v) is 22.6. The zero-order chi connectivity index (χ0) is 44.8. The number of piperazine rings is 1. The number of nitrogens with zero attached hydrogens (tertiary/aromatic N) is 8. The van der Waals surface area contributed by atoms with Gasteiger partial charge in [-0.3, -0.25) is 24.5 Å². The molecule has 2 aromatic heterocycles. The van der Waals surface area contributed by atoms with Crippen LogP contribution in [0, 0.1) is 29.1 Å². The van der Waals surface area contributed by atoms with Gasteiger partial charge >= 0.3 is 6.18 Å². The number of hydrogen-bond donors (Lipinski definition) is 3. The SMILES string of the molecule is N#Cc1ccc(N2CCC(C(=O)Nc3ccc(N4CCC(CN5CCN(CC6CCN(c7ccc(C(=O)NC8CCC(=O)NC8=O)nc7)CC6)CC5)CC4)cn3)CC2)cc1C(F)(F)F. The van der Waals surface area contributed by atoms with Gasteiger partial charge in [0.15, 0.2) is 0 Å². The smallest absolute Gasteiger partial charge is 0.371 e. The lowest BCUT2D eigenvalue weighted by Gasteiger charge is -2.41. The number of aromatic nitrogens is 2. The molecule has 1 unspecified atom stereocenters. The van der Waals surface area contributed by atoms with E-state index in [2.05, 4.69) is 45.5 Å². The number of hydrogen-bond acceptors (Lipinski definition) is 12. The Labute approximate surface area is 371 Å². The number of rotatable bonds is 11. The maximum Gasteiger partial charge on any atom is 0.417 e. The van der Waals surface area contributed by atoms with E-state index in [9.17, 15) is 32.3 Å². The molecule has 0 radical (unpaired) electrons. The van der Waals surface area contributed by atoms with Crippen LogP contribution >= 0.6 is 0 Å². The average Bonchev–Trinajstić information content (AvgIpc) is 3.31. The number of piperidine rings is 4. The van der Waals surface area contributed by atoms with E-state index in [4.69, 9.17) is 5.26 Å². The molecule has 0 spiro atoms. The van der Waals surface area contributed by atoms with Crippen molar-refractivity contribution in [3.05, 3.63) is 71.7 Å². The van der Waals surface area contributed by atoms with Gasteiger partial charge in [-0.1, -0.05) is 0 Å². The van der Waals surface area contributed by atoms with Crippen LogP contribution in [-0.2, 0) is 20.6 Å². The number of nitrogens with one attached hydrogen (secondary N) is 3. The van der Waals surface area contributed by atoms with Crippen LogP contribution in [0.15, 0.2) is 54.9 Å². The Morgan fingerprint density at radius 2 is 1.27 bits per heavy atom. The van der Waals surface area contributed by atoms with E-state index in [0.717, 1.165) is 109 Å². The standard InChI is InChI=1S/C46H56F3N11O4/c47-46(48,49)38-25-35(2-1-34(38)26-50)58-19-13-33(14-20-58)43(62)54-41-7-4-37(28-52-41)60-17-11-32(12-18-60)30-57-23-21-56(22-24-57)29-31-9-15-59(16-10-31)36-3-5-39(51-27-36)44(63)53-40-6-8-42(61)55-45(40)64/h1-5,7,25,27-28,31-33,40H,6,8-24,29-30H2,(H,53,63)(H,52,54,62)(H,55,61,64). The lowest BCUT2D eigenvalue weighted by molar-refractivity contribution is -0.138. The van der Waals surface area contributed by atoms with Gasteiger partial charge in [-0.25, -0.2) is 9.97 Å². The molecule has 5 aliphatic heterocycles. The van der Waals surface area contributed by atoms with E-state index in [1.54, 1.807) is 18.3 Å². The summed E-state index contributed by atoms with van der Waals surface area (Å²) in [5, 5.41) is 17.0. The van der Waals surface area contributed by atoms with Crippen molar-refractivity contribution in [1.82, 2.24) is 30.4 Å². The number of carbonyl (C=O) groups is 4. The predicted octanol–water partition coefficient (Wildman–Crippen LogP) is 4.51. The Kier molecular flexibility index (Phi) is 14.0. The van der Waals surface area contributed by atoms with Crippen molar-refractivity contribution in [2.24, 2.45) is 17.8 Å². The second-order valence-corrected chi connectivity index (χ2v) is 17.8. The van der Waals surface area contributed by atoms with E-state index in [1.807, 2.05) is 29.3 Å². The highest BCUT2D eigenvalue weighted by atomic mass is 19.4. The topological polar surface area (TPSA) is 170 Å². The van der Waals surface area contributed by atoms with Crippen LogP contribution in [0.2, 0.25) is 0 Å². The minimum atomic E-state index is -4.62. The maximum absolute atomic E-state index is 13.5. The third kappa shape index (κ3) is 11.1. The number of anilines is 4. The van der Waals surface area contributed by atoms with E-state index in [1.165, 1.54) is 12.1 Å². The highest BCUT2D eigenvalue weighted by Gasteiger charge is 2.35. The third-order valence-corrected chi connectivity index (χ3v) is 13.6. The molecule has 340 valence electrons. The summed E-state index contributed by atoms with van der Waals surface area (Å²) < 4.78 is 40.5. The highest BCUT2D eigenvalue weighted by molar-refractivity contribution is 6.03. The van der Waals surface area contributed by atoms with Crippen LogP contribution in [-0.4, -0.2) is 128 Å². The number of carbonyl (C=O) groups excluding carboxylic acids is 4. The largest absolute Gasteiger partial charge is 0.417 e. The number of amides is 4. The molecular formula is C46H56F3N11O4. The van der Waals surface area contributed by atoms with Crippen molar-refractivity contribution in [3.63, 3.8) is 0 Å². The van der Waals surface area contributed by atoms with Gasteiger partial charge in [0.1, 0.15) is 17.6 Å². The van der Waals surface area contributed by atoms with Crippen LogP contribution < -0.4 is 30.7 Å². The summed E-state index contributed by atoms with van der Waals surface area (Å²) in [7, 11) is 0. The average molecular weight is 884 g/mol. The number of alkyl halides is 3. The van der Waals surface area contributed by atoms with Crippen molar-refractivity contribution in [1.29, 1.82) is 5.26 Å². The quantitative estimate of drug-likeness (QED) is 0.231. The van der Waals surface area contributed by atoms with Crippen molar-refractivity contribution in [2.75, 3.05) is 98.6 Å². The molecular weight excluding hydrogens is 828 g/mol. The molecule has 3 aromatic rings. The van der Waals surface area contributed by atoms with Crippen molar-refractivity contribution < 1.29 is 32.3 Å². The number of benzene rings is 1. The molecule has 4 amide bonds. The number of nitriles is 1. The lowest BCUT2D eigenvalue weighted by Crippen LogP contribution is -2.52. The molecule has 7 heterocycles. The van der Waals surface area contributed by atoms with Gasteiger partial charge in [-0.2, -0.15) is 18.4 Å². The van der Waals surface area contributed by atoms with Crippen LogP contribution in [0.4, 0.5) is 36.1 Å². The molecule has 3 N–H and O–H groups in total. The van der Waals surface area contributed by atoms with Gasteiger partial charge in [0.2, 0.25) is 17.7 Å². The lowest BCUT2D eigenvalue weighted by atomic mass is 9.94. The molecule has 1 atom stereocenters. The third-order valence-electron chi connectivity index (χ3n) is 13.6. The summed E-state index contributed by atoms with van der Waals surface area (Å²) in [4.78, 5) is 69.9. The molecule has 5 aliphatic rings. The minimum Gasteiger partial charge on any atom is -0.371 e. The number of pyridine rings is 2. The van der Waals surface area contributed by atoms with Crippen molar-refractivity contribution >= 4 is 46.5 Å². The van der Waals surface area contributed by atoms with Crippen LogP contribution in [0.5, 0.6) is 0 Å². The fraction of sp³-hybridized carbons (Fsp3) is 0.543. The maximum atomic E-state index is 13.5. The second-order valence-electron chi connectivity index (χ2n) is 17.8. The molecule has 5 fully saturated rings. The first-order chi connectivity index (χ1) is 30.9. The molecule has 18 heteroatoms. The summed E-state index contributed by atoms with van der Waals surface area (Å²) in [5.41, 5.74) is 1.32. The normalized spacial score (nSPS) is 21.3. The molecule has 1 aromatic carbocycles. The predicted molar refractivity (Wildman–Crippen MR) is 235 cm³/mol. The fourth-order valence-corrected chi connectivity index (χ4v) is 9.74. The molecule has 64 heavy (non-hydrogen) atoms. The van der Waals surface area contributed by atoms with Gasteiger partial charge in [-0.05, 0) is 99.2 Å². The fourth-order valence-electron chi connectivity index (χ4n) is 9.74. The van der Waals surface area contributed by atoms with Crippen LogP contribution in [0.1, 0.15) is 73.0 Å². The molecule has 8 rings (SSSR count).